The fraction of sp³-hybridized carbons (Fsp3) is 0.882. The number of ether oxygens (including phenoxy) is 12. The van der Waals surface area contributed by atoms with Crippen LogP contribution in [0.1, 0.15) is 38.5 Å². The van der Waals surface area contributed by atoms with Crippen LogP contribution >= 0.6 is 23.7 Å². The molecule has 1 fully saturated rings. The van der Waals surface area contributed by atoms with Crippen molar-refractivity contribution >= 4 is 59.3 Å². The van der Waals surface area contributed by atoms with E-state index >= 15 is 0 Å². The molecule has 0 aromatic heterocycles. The summed E-state index contributed by atoms with van der Waals surface area (Å²) >= 11 is 0. The predicted octanol–water partition coefficient (Wildman–Crippen LogP) is -1.03. The Morgan fingerprint density at radius 3 is 0.859 bits per heavy atom. The van der Waals surface area contributed by atoms with Gasteiger partial charge in [0.2, 0.25) is 25.1 Å². The summed E-state index contributed by atoms with van der Waals surface area (Å²) in [5.41, 5.74) is 0. The summed E-state index contributed by atoms with van der Waals surface area (Å²) in [6, 6.07) is 0. The van der Waals surface area contributed by atoms with Crippen LogP contribution < -0.4 is 16.0 Å². The largest absolute Gasteiger partial charge is 0.481 e. The number of aliphatic carboxylic acids is 3. The Morgan fingerprint density at radius 1 is 0.353 bits per heavy atom. The topological polar surface area (TPSA) is 397 Å². The summed E-state index contributed by atoms with van der Waals surface area (Å²) in [5.74, 6) is -3.64. The zero-order chi connectivity index (χ0) is 62.3. The van der Waals surface area contributed by atoms with Crippen molar-refractivity contribution < 1.29 is 120 Å². The Labute approximate surface area is 502 Å². The van der Waals surface area contributed by atoms with E-state index in [1.807, 2.05) is 14.7 Å². The first kappa shape index (κ1) is 80.2. The monoisotopic (exact) mass is 1290 g/mol. The molecule has 3 amide bonds. The lowest BCUT2D eigenvalue weighted by Gasteiger charge is -2.28. The van der Waals surface area contributed by atoms with Gasteiger partial charge in [0.15, 0.2) is 0 Å². The highest BCUT2D eigenvalue weighted by molar-refractivity contribution is 7.57. The number of carboxylic acids is 3. The first-order valence-corrected chi connectivity index (χ1v) is 34.1. The van der Waals surface area contributed by atoms with Crippen LogP contribution in [0.25, 0.3) is 0 Å². The van der Waals surface area contributed by atoms with Crippen LogP contribution in [0.5, 0.6) is 0 Å². The standard InChI is InChI=1S/C51H99N6O25P3/c58-46(52-7-19-74-25-31-80-37-34-77-28-22-71-16-1-49(61)62)4-40-83(67)43-55-10-11-56(44-84(68)41-5-47(59)53-8-20-75-26-32-81-38-35-78-29-23-72-17-2-50(63)64)13-15-57(14-12-55)45-85(69,70)42-6-48(60)54-9-21-76-27-33-82-39-36-79-30-24-73-18-3-51(65)66/h67-68H,1-45H2,(H,52,58)(H,53,59)(H,54,60)(H,61,62)(H,63,64)(H,65,66)(H,69,70). The maximum absolute atomic E-state index is 13.6. The van der Waals surface area contributed by atoms with Gasteiger partial charge >= 0.3 is 17.9 Å². The van der Waals surface area contributed by atoms with Crippen LogP contribution in [-0.4, -0.2) is 335 Å². The Hall–Kier alpha value is -2.81. The van der Waals surface area contributed by atoms with E-state index in [-0.39, 0.29) is 160 Å². The number of hydrogen-bond acceptors (Lipinski definition) is 24. The highest BCUT2D eigenvalue weighted by Crippen LogP contribution is 2.42. The molecule has 9 N–H and O–H groups in total. The van der Waals surface area contributed by atoms with Gasteiger partial charge in [0, 0.05) is 126 Å². The number of nitrogens with zero attached hydrogens (tertiary/aromatic N) is 3. The molecule has 85 heavy (non-hydrogen) atoms. The fourth-order valence-corrected chi connectivity index (χ4v) is 11.4. The minimum absolute atomic E-state index is 0.0605. The summed E-state index contributed by atoms with van der Waals surface area (Å²) in [4.78, 5) is 109. The van der Waals surface area contributed by atoms with Gasteiger partial charge < -0.3 is 103 Å². The van der Waals surface area contributed by atoms with Crippen molar-refractivity contribution in [2.24, 2.45) is 0 Å². The van der Waals surface area contributed by atoms with Crippen LogP contribution in [0.15, 0.2) is 0 Å². The van der Waals surface area contributed by atoms with E-state index in [9.17, 15) is 48.0 Å². The van der Waals surface area contributed by atoms with Crippen LogP contribution in [0.3, 0.4) is 0 Å². The van der Waals surface area contributed by atoms with Crippen molar-refractivity contribution in [1.82, 2.24) is 30.7 Å². The summed E-state index contributed by atoms with van der Waals surface area (Å²) in [6.07, 6.45) is 0.481. The lowest BCUT2D eigenvalue weighted by molar-refractivity contribution is -0.139. The minimum Gasteiger partial charge on any atom is -0.481 e. The normalized spacial score (nSPS) is 15.1. The predicted molar refractivity (Wildman–Crippen MR) is 311 cm³/mol. The molecule has 498 valence electrons. The van der Waals surface area contributed by atoms with Gasteiger partial charge in [-0.15, -0.1) is 0 Å². The van der Waals surface area contributed by atoms with E-state index in [1.165, 1.54) is 0 Å². The summed E-state index contributed by atoms with van der Waals surface area (Å²) in [5, 5.41) is 34.1. The average Bonchev–Trinajstić information content (AvgIpc) is 3.74. The number of nitrogens with one attached hydrogen (secondary N) is 3. The summed E-state index contributed by atoms with van der Waals surface area (Å²) in [7, 11) is -7.05. The van der Waals surface area contributed by atoms with Crippen molar-refractivity contribution in [3.63, 3.8) is 0 Å². The molecule has 1 aliphatic heterocycles. The highest BCUT2D eigenvalue weighted by Gasteiger charge is 2.27. The van der Waals surface area contributed by atoms with Crippen LogP contribution in [0.4, 0.5) is 0 Å². The van der Waals surface area contributed by atoms with E-state index in [4.69, 9.17) is 72.2 Å². The van der Waals surface area contributed by atoms with Gasteiger partial charge in [-0.3, -0.25) is 48.0 Å². The van der Waals surface area contributed by atoms with Gasteiger partial charge in [0.05, 0.1) is 184 Å². The molecule has 1 rings (SSSR count). The lowest BCUT2D eigenvalue weighted by atomic mass is 10.4. The second-order valence-corrected chi connectivity index (χ2v) is 24.8. The first-order chi connectivity index (χ1) is 41.0. The van der Waals surface area contributed by atoms with Gasteiger partial charge in [-0.05, 0) is 0 Å². The number of carboxylic acid groups (broad SMARTS) is 3. The van der Waals surface area contributed by atoms with Crippen LogP contribution in [-0.2, 0) is 90.2 Å². The lowest BCUT2D eigenvalue weighted by Crippen LogP contribution is -2.37. The molecular weight excluding hydrogens is 1190 g/mol. The minimum atomic E-state index is -3.84. The van der Waals surface area contributed by atoms with E-state index in [0.29, 0.717) is 145 Å². The van der Waals surface area contributed by atoms with Crippen molar-refractivity contribution in [2.45, 2.75) is 38.5 Å². The molecule has 1 saturated heterocycles. The first-order valence-electron chi connectivity index (χ1n) is 28.8. The van der Waals surface area contributed by atoms with Gasteiger partial charge in [-0.2, -0.15) is 0 Å². The highest BCUT2D eigenvalue weighted by atomic mass is 31.2. The molecule has 1 aliphatic rings. The molecular formula is C51H99N6O25P3. The van der Waals surface area contributed by atoms with Gasteiger partial charge in [0.1, 0.15) is 0 Å². The van der Waals surface area contributed by atoms with Gasteiger partial charge in [-0.1, -0.05) is 0 Å². The molecule has 0 bridgehead atoms. The zero-order valence-electron chi connectivity index (χ0n) is 49.4. The Balaban J connectivity index is 2.55. The van der Waals surface area contributed by atoms with Crippen molar-refractivity contribution in [2.75, 3.05) is 255 Å². The van der Waals surface area contributed by atoms with Gasteiger partial charge in [-0.25, -0.2) is 0 Å². The Bertz CT molecular complexity index is 1680. The zero-order valence-corrected chi connectivity index (χ0v) is 52.1. The molecule has 31 nitrogen and oxygen atoms in total. The van der Waals surface area contributed by atoms with E-state index < -0.39 is 47.5 Å². The van der Waals surface area contributed by atoms with Crippen LogP contribution in [0.2, 0.25) is 0 Å². The molecule has 0 radical (unpaired) electrons. The number of carbonyl (C=O) groups excluding carboxylic acids is 3. The molecule has 0 aliphatic carbocycles. The molecule has 3 atom stereocenters. The number of amides is 3. The van der Waals surface area contributed by atoms with Crippen molar-refractivity contribution in [1.29, 1.82) is 0 Å². The smallest absolute Gasteiger partial charge is 0.305 e. The van der Waals surface area contributed by atoms with Crippen molar-refractivity contribution in [3.8, 4) is 0 Å². The molecule has 1 heterocycles. The molecule has 34 heteroatoms. The second kappa shape index (κ2) is 56.4. The third-order valence-corrected chi connectivity index (χ3v) is 16.4. The summed E-state index contributed by atoms with van der Waals surface area (Å²) in [6.45, 7) is 10.3. The second-order valence-electron chi connectivity index (χ2n) is 18.9. The van der Waals surface area contributed by atoms with E-state index in [0.717, 1.165) is 0 Å². The number of rotatable bonds is 60. The maximum atomic E-state index is 13.6. The summed E-state index contributed by atoms with van der Waals surface area (Å²) < 4.78 is 77.9. The molecule has 0 saturated carbocycles. The number of hydrogen-bond donors (Lipinski definition) is 9. The van der Waals surface area contributed by atoms with E-state index in [1.54, 1.807) is 0 Å². The third kappa shape index (κ3) is 56.2. The van der Waals surface area contributed by atoms with Gasteiger partial charge in [0.25, 0.3) is 0 Å². The van der Waals surface area contributed by atoms with Crippen molar-refractivity contribution in [3.05, 3.63) is 0 Å². The Morgan fingerprint density at radius 2 is 0.588 bits per heavy atom. The molecule has 0 aromatic rings. The quantitative estimate of drug-likeness (QED) is 0.0260. The molecule has 3 unspecified atom stereocenters. The SMILES string of the molecule is O=C(O)CCOCCOCCOCCOCCNC(=O)CCP(O)CN1CCN(CP(O)CCC(=O)NCCOCCOCCOCCOCCC(=O)O)CCN(CP(=O)(O)CCC(=O)NCCOCCOCCOCCOCCC(=O)O)CC1. The Kier molecular flexibility index (Phi) is 53.2. The maximum Gasteiger partial charge on any atom is 0.305 e. The van der Waals surface area contributed by atoms with Crippen LogP contribution in [0, 0.1) is 0 Å². The third-order valence-electron chi connectivity index (χ3n) is 11.7. The average molecular weight is 1290 g/mol. The molecule has 0 aromatic carbocycles. The molecule has 0 spiro atoms. The van der Waals surface area contributed by atoms with E-state index in [2.05, 4.69) is 16.0 Å². The number of carbonyl (C=O) groups is 6. The fourth-order valence-electron chi connectivity index (χ4n) is 7.15.